The molecule has 0 saturated heterocycles. The summed E-state index contributed by atoms with van der Waals surface area (Å²) in [6, 6.07) is 49.4. The van der Waals surface area contributed by atoms with E-state index in [9.17, 15) is 0 Å². The zero-order valence-corrected chi connectivity index (χ0v) is 31.8. The molecule has 6 aliphatic carbocycles. The Morgan fingerprint density at radius 3 is 1.85 bits per heavy atom. The first-order valence-electron chi connectivity index (χ1n) is 20.5. The topological polar surface area (TPSA) is 3.24 Å². The van der Waals surface area contributed by atoms with Gasteiger partial charge >= 0.3 is 0 Å². The lowest BCUT2D eigenvalue weighted by molar-refractivity contribution is -0.0399. The Hall–Kier alpha value is -4.62. The zero-order valence-electron chi connectivity index (χ0n) is 31.8. The molecule has 0 heterocycles. The molecule has 1 heteroatoms. The van der Waals surface area contributed by atoms with Crippen LogP contribution >= 0.6 is 0 Å². The number of hydrogen-bond acceptors (Lipinski definition) is 1. The van der Waals surface area contributed by atoms with Gasteiger partial charge in [0.15, 0.2) is 0 Å². The maximum atomic E-state index is 2.62. The highest BCUT2D eigenvalue weighted by molar-refractivity contribution is 5.96. The van der Waals surface area contributed by atoms with Crippen LogP contribution in [0, 0.1) is 23.7 Å². The Kier molecular flexibility index (Phi) is 6.74. The van der Waals surface area contributed by atoms with Crippen molar-refractivity contribution in [2.75, 3.05) is 4.90 Å². The highest BCUT2D eigenvalue weighted by atomic mass is 15.1. The predicted octanol–water partition coefficient (Wildman–Crippen LogP) is 14.0. The first-order chi connectivity index (χ1) is 25.7. The van der Waals surface area contributed by atoms with E-state index in [1.165, 1.54) is 106 Å². The van der Waals surface area contributed by atoms with Crippen molar-refractivity contribution in [2.24, 2.45) is 23.7 Å². The maximum Gasteiger partial charge on any atom is 0.0543 e. The fraction of sp³-hybridized carbons (Fsp3) is 0.346. The van der Waals surface area contributed by atoms with Crippen LogP contribution in [0.4, 0.5) is 17.1 Å². The van der Waals surface area contributed by atoms with Gasteiger partial charge in [-0.05, 0) is 166 Å². The van der Waals surface area contributed by atoms with E-state index in [-0.39, 0.29) is 16.2 Å². The molecule has 0 N–H and O–H groups in total. The second-order valence-electron chi connectivity index (χ2n) is 18.9. The summed E-state index contributed by atoms with van der Waals surface area (Å²) in [6.45, 7) is 9.80. The Labute approximate surface area is 316 Å². The van der Waals surface area contributed by atoms with E-state index < -0.39 is 0 Å². The van der Waals surface area contributed by atoms with Crippen molar-refractivity contribution in [2.45, 2.75) is 88.9 Å². The molecule has 0 amide bonds. The van der Waals surface area contributed by atoms with Crippen LogP contribution in [0.1, 0.15) is 94.9 Å². The van der Waals surface area contributed by atoms with E-state index in [4.69, 9.17) is 0 Å². The molecule has 0 aliphatic heterocycles. The first kappa shape index (κ1) is 31.9. The lowest BCUT2D eigenvalue weighted by Crippen LogP contribution is -2.55. The standard InChI is InChI=1S/C52H51N/c1-50(2)24-25-51(3,4)47-32-42(22-23-45(47)50)53(41-20-18-36(19-21-41)38-17-16-35-10-5-6-11-37(35)31-38)48-15-9-14-46-49(48)43-12-7-8-13-44(43)52(46)39-27-33-26-34(29-39)30-40(52)28-33/h5-23,31-34,39-40H,24-30H2,1-4H3. The van der Waals surface area contributed by atoms with Crippen LogP contribution in [0.2, 0.25) is 0 Å². The summed E-state index contributed by atoms with van der Waals surface area (Å²) in [5.74, 6) is 3.36. The summed E-state index contributed by atoms with van der Waals surface area (Å²) in [5, 5.41) is 2.57. The van der Waals surface area contributed by atoms with Crippen molar-refractivity contribution in [3.8, 4) is 22.3 Å². The largest absolute Gasteiger partial charge is 0.310 e. The molecule has 12 rings (SSSR count). The Morgan fingerprint density at radius 1 is 0.472 bits per heavy atom. The molecule has 0 atom stereocenters. The number of fused-ring (bicyclic) bond motifs is 5. The lowest BCUT2D eigenvalue weighted by Gasteiger charge is -2.61. The van der Waals surface area contributed by atoms with E-state index in [1.54, 1.807) is 11.1 Å². The minimum Gasteiger partial charge on any atom is -0.310 e. The van der Waals surface area contributed by atoms with Crippen LogP contribution < -0.4 is 4.90 Å². The van der Waals surface area contributed by atoms with Gasteiger partial charge in [0.25, 0.3) is 0 Å². The van der Waals surface area contributed by atoms with Gasteiger partial charge in [0.05, 0.1) is 5.69 Å². The summed E-state index contributed by atoms with van der Waals surface area (Å²) < 4.78 is 0. The molecule has 6 aromatic rings. The van der Waals surface area contributed by atoms with Crippen LogP contribution in [-0.4, -0.2) is 0 Å². The SMILES string of the molecule is CC1(C)CCC(C)(C)c2cc(N(c3ccc(-c4ccc5ccccc5c4)cc3)c3cccc4c3-c3ccccc3C43C4CC5CC(C4)CC3C5)ccc21. The Bertz CT molecular complexity index is 2400. The highest BCUT2D eigenvalue weighted by Gasteiger charge is 2.61. The van der Waals surface area contributed by atoms with Gasteiger partial charge in [0, 0.05) is 22.4 Å². The van der Waals surface area contributed by atoms with Gasteiger partial charge in [-0.25, -0.2) is 0 Å². The molecule has 4 bridgehead atoms. The van der Waals surface area contributed by atoms with Crippen LogP contribution in [0.3, 0.4) is 0 Å². The van der Waals surface area contributed by atoms with Gasteiger partial charge < -0.3 is 4.90 Å². The van der Waals surface area contributed by atoms with E-state index >= 15 is 0 Å². The maximum absolute atomic E-state index is 2.62. The lowest BCUT2D eigenvalue weighted by atomic mass is 9.43. The summed E-state index contributed by atoms with van der Waals surface area (Å²) in [6.07, 6.45) is 9.52. The molecule has 1 nitrogen and oxygen atoms in total. The molecule has 6 aliphatic rings. The van der Waals surface area contributed by atoms with Crippen LogP contribution in [-0.2, 0) is 16.2 Å². The number of nitrogens with zero attached hydrogens (tertiary/aromatic N) is 1. The van der Waals surface area contributed by atoms with Crippen molar-refractivity contribution in [1.82, 2.24) is 0 Å². The summed E-state index contributed by atoms with van der Waals surface area (Å²) in [5.41, 5.74) is 16.0. The molecule has 53 heavy (non-hydrogen) atoms. The van der Waals surface area contributed by atoms with Crippen molar-refractivity contribution in [3.05, 3.63) is 150 Å². The van der Waals surface area contributed by atoms with E-state index in [2.05, 4.69) is 160 Å². The predicted molar refractivity (Wildman–Crippen MR) is 223 cm³/mol. The molecule has 6 aromatic carbocycles. The Morgan fingerprint density at radius 2 is 1.09 bits per heavy atom. The van der Waals surface area contributed by atoms with Crippen molar-refractivity contribution in [1.29, 1.82) is 0 Å². The second-order valence-corrected chi connectivity index (χ2v) is 18.9. The third kappa shape index (κ3) is 4.55. The number of hydrogen-bond donors (Lipinski definition) is 0. The average molecular weight is 690 g/mol. The molecule has 0 aromatic heterocycles. The van der Waals surface area contributed by atoms with Gasteiger partial charge in [-0.3, -0.25) is 0 Å². The molecule has 0 unspecified atom stereocenters. The quantitative estimate of drug-likeness (QED) is 0.178. The summed E-state index contributed by atoms with van der Waals surface area (Å²) in [4.78, 5) is 2.62. The number of benzene rings is 6. The third-order valence-corrected chi connectivity index (χ3v) is 15.1. The van der Waals surface area contributed by atoms with Crippen LogP contribution in [0.15, 0.2) is 127 Å². The fourth-order valence-corrected chi connectivity index (χ4v) is 12.7. The fourth-order valence-electron chi connectivity index (χ4n) is 12.7. The number of anilines is 3. The van der Waals surface area contributed by atoms with Crippen molar-refractivity contribution in [3.63, 3.8) is 0 Å². The Balaban J connectivity index is 1.12. The monoisotopic (exact) mass is 689 g/mol. The first-order valence-corrected chi connectivity index (χ1v) is 20.5. The van der Waals surface area contributed by atoms with Gasteiger partial charge in [-0.2, -0.15) is 0 Å². The zero-order chi connectivity index (χ0) is 35.7. The van der Waals surface area contributed by atoms with E-state index in [1.807, 2.05) is 0 Å². The minimum absolute atomic E-state index is 0.127. The van der Waals surface area contributed by atoms with Crippen LogP contribution in [0.5, 0.6) is 0 Å². The minimum atomic E-state index is 0.127. The van der Waals surface area contributed by atoms with Gasteiger partial charge in [-0.1, -0.05) is 119 Å². The molecular formula is C52H51N. The van der Waals surface area contributed by atoms with E-state index in [0.29, 0.717) is 0 Å². The summed E-state index contributed by atoms with van der Waals surface area (Å²) in [7, 11) is 0. The van der Waals surface area contributed by atoms with E-state index in [0.717, 1.165) is 23.7 Å². The van der Waals surface area contributed by atoms with Gasteiger partial charge in [-0.15, -0.1) is 0 Å². The molecule has 4 saturated carbocycles. The smallest absolute Gasteiger partial charge is 0.0543 e. The number of rotatable bonds is 4. The normalized spacial score (nSPS) is 26.7. The van der Waals surface area contributed by atoms with Crippen molar-refractivity contribution < 1.29 is 0 Å². The second kappa shape index (κ2) is 11.2. The molecular weight excluding hydrogens is 639 g/mol. The van der Waals surface area contributed by atoms with Gasteiger partial charge in [0.1, 0.15) is 0 Å². The third-order valence-electron chi connectivity index (χ3n) is 15.1. The van der Waals surface area contributed by atoms with Crippen molar-refractivity contribution >= 4 is 27.8 Å². The molecule has 1 spiro atoms. The average Bonchev–Trinajstić information content (AvgIpc) is 3.47. The highest BCUT2D eigenvalue weighted by Crippen LogP contribution is 2.70. The molecule has 4 fully saturated rings. The molecule has 0 radical (unpaired) electrons. The molecule has 264 valence electrons. The van der Waals surface area contributed by atoms with Gasteiger partial charge in [0.2, 0.25) is 0 Å². The summed E-state index contributed by atoms with van der Waals surface area (Å²) >= 11 is 0. The van der Waals surface area contributed by atoms with Crippen LogP contribution in [0.25, 0.3) is 33.0 Å².